The molecule has 0 saturated carbocycles. The van der Waals surface area contributed by atoms with Crippen molar-refractivity contribution in [3.05, 3.63) is 34.1 Å². The van der Waals surface area contributed by atoms with Gasteiger partial charge in [0.1, 0.15) is 5.82 Å². The van der Waals surface area contributed by atoms with Crippen LogP contribution in [0.25, 0.3) is 0 Å². The lowest BCUT2D eigenvalue weighted by atomic mass is 10.1. The second-order valence-corrected chi connectivity index (χ2v) is 8.30. The Morgan fingerprint density at radius 3 is 2.67 bits per heavy atom. The molecule has 0 atom stereocenters. The molecule has 1 aliphatic rings. The average molecular weight is 379 g/mol. The van der Waals surface area contributed by atoms with Crippen LogP contribution in [0.4, 0.5) is 4.39 Å². The number of hydrogen-bond acceptors (Lipinski definition) is 3. The molecule has 0 aromatic heterocycles. The maximum atomic E-state index is 13.2. The number of rotatable bonds is 5. The summed E-state index contributed by atoms with van der Waals surface area (Å²) in [4.78, 5) is 0. The van der Waals surface area contributed by atoms with Crippen molar-refractivity contribution in [2.45, 2.75) is 32.4 Å². The summed E-state index contributed by atoms with van der Waals surface area (Å²) in [7, 11) is -3.08. The smallest absolute Gasteiger partial charge is 0.213 e. The van der Waals surface area contributed by atoms with Crippen molar-refractivity contribution >= 4 is 26.0 Å². The quantitative estimate of drug-likeness (QED) is 0.855. The van der Waals surface area contributed by atoms with Crippen molar-refractivity contribution < 1.29 is 12.8 Å². The number of sulfonamides is 1. The maximum absolute atomic E-state index is 13.2. The second-order valence-electron chi connectivity index (χ2n) is 5.19. The van der Waals surface area contributed by atoms with E-state index in [1.54, 1.807) is 17.3 Å². The van der Waals surface area contributed by atoms with Gasteiger partial charge in [0.15, 0.2) is 0 Å². The van der Waals surface area contributed by atoms with Crippen LogP contribution < -0.4 is 5.32 Å². The van der Waals surface area contributed by atoms with Crippen LogP contribution in [0.15, 0.2) is 22.7 Å². The predicted octanol–water partition coefficient (Wildman–Crippen LogP) is 2.49. The lowest BCUT2D eigenvalue weighted by molar-refractivity contribution is 0.289. The fraction of sp³-hybridized carbons (Fsp3) is 0.571. The summed E-state index contributed by atoms with van der Waals surface area (Å²) >= 11 is 3.41. The van der Waals surface area contributed by atoms with E-state index >= 15 is 0 Å². The van der Waals surface area contributed by atoms with Crippen LogP contribution in [0.5, 0.6) is 0 Å². The Morgan fingerprint density at radius 2 is 2.05 bits per heavy atom. The molecule has 0 spiro atoms. The van der Waals surface area contributed by atoms with Crippen molar-refractivity contribution in [2.24, 2.45) is 0 Å². The van der Waals surface area contributed by atoms with E-state index in [9.17, 15) is 12.8 Å². The highest BCUT2D eigenvalue weighted by atomic mass is 79.9. The molecular formula is C14H20BrFN2O2S. The fourth-order valence-corrected chi connectivity index (χ4v) is 3.97. The van der Waals surface area contributed by atoms with E-state index in [-0.39, 0.29) is 17.6 Å². The number of nitrogens with zero attached hydrogens (tertiary/aromatic N) is 1. The van der Waals surface area contributed by atoms with Gasteiger partial charge >= 0.3 is 0 Å². The summed E-state index contributed by atoms with van der Waals surface area (Å²) in [6.45, 7) is 3.35. The Labute approximate surface area is 133 Å². The standard InChI is InChI=1S/C14H20BrFN2O2S/c1-2-21(19,20)18-7-5-13(6-8-18)17-10-11-9-12(16)3-4-14(11)15/h3-4,9,13,17H,2,5-8,10H2,1H3. The van der Waals surface area contributed by atoms with Gasteiger partial charge in [0, 0.05) is 30.1 Å². The molecule has 1 aromatic carbocycles. The zero-order chi connectivity index (χ0) is 15.5. The third-order valence-corrected chi connectivity index (χ3v) is 6.46. The lowest BCUT2D eigenvalue weighted by Crippen LogP contribution is -2.45. The first-order valence-electron chi connectivity index (χ1n) is 7.07. The number of piperidine rings is 1. The minimum atomic E-state index is -3.08. The predicted molar refractivity (Wildman–Crippen MR) is 85.0 cm³/mol. The topological polar surface area (TPSA) is 49.4 Å². The highest BCUT2D eigenvalue weighted by molar-refractivity contribution is 9.10. The summed E-state index contributed by atoms with van der Waals surface area (Å²) in [5, 5.41) is 3.38. The van der Waals surface area contributed by atoms with Crippen molar-refractivity contribution in [1.82, 2.24) is 9.62 Å². The van der Waals surface area contributed by atoms with Gasteiger partial charge in [0.05, 0.1) is 5.75 Å². The van der Waals surface area contributed by atoms with Gasteiger partial charge < -0.3 is 5.32 Å². The highest BCUT2D eigenvalue weighted by Gasteiger charge is 2.26. The molecule has 21 heavy (non-hydrogen) atoms. The largest absolute Gasteiger partial charge is 0.310 e. The molecule has 1 aliphatic heterocycles. The normalized spacial score (nSPS) is 18.0. The van der Waals surface area contributed by atoms with Crippen molar-refractivity contribution in [2.75, 3.05) is 18.8 Å². The molecule has 118 valence electrons. The molecule has 2 rings (SSSR count). The number of hydrogen-bond donors (Lipinski definition) is 1. The lowest BCUT2D eigenvalue weighted by Gasteiger charge is -2.31. The van der Waals surface area contributed by atoms with Crippen LogP contribution in [0, 0.1) is 5.82 Å². The zero-order valence-electron chi connectivity index (χ0n) is 12.0. The van der Waals surface area contributed by atoms with Crippen LogP contribution in [0.2, 0.25) is 0 Å². The molecule has 0 radical (unpaired) electrons. The fourth-order valence-electron chi connectivity index (χ4n) is 2.45. The summed E-state index contributed by atoms with van der Waals surface area (Å²) in [6.07, 6.45) is 1.57. The molecule has 4 nitrogen and oxygen atoms in total. The van der Waals surface area contributed by atoms with Crippen molar-refractivity contribution in [1.29, 1.82) is 0 Å². The van der Waals surface area contributed by atoms with Gasteiger partial charge in [-0.25, -0.2) is 17.1 Å². The van der Waals surface area contributed by atoms with E-state index in [4.69, 9.17) is 0 Å². The first kappa shape index (κ1) is 16.9. The second kappa shape index (κ2) is 7.17. The minimum Gasteiger partial charge on any atom is -0.310 e. The first-order valence-corrected chi connectivity index (χ1v) is 9.47. The van der Waals surface area contributed by atoms with E-state index in [0.717, 1.165) is 22.9 Å². The van der Waals surface area contributed by atoms with Gasteiger partial charge in [-0.15, -0.1) is 0 Å². The van der Waals surface area contributed by atoms with Gasteiger partial charge in [-0.3, -0.25) is 0 Å². The maximum Gasteiger partial charge on any atom is 0.213 e. The summed E-state index contributed by atoms with van der Waals surface area (Å²) < 4.78 is 39.2. The van der Waals surface area contributed by atoms with Gasteiger partial charge in [-0.1, -0.05) is 15.9 Å². The van der Waals surface area contributed by atoms with E-state index in [2.05, 4.69) is 21.2 Å². The molecule has 1 aromatic rings. The van der Waals surface area contributed by atoms with Crippen LogP contribution in [0.3, 0.4) is 0 Å². The molecule has 0 unspecified atom stereocenters. The Balaban J connectivity index is 1.86. The average Bonchev–Trinajstić information content (AvgIpc) is 2.48. The number of halogens is 2. The monoisotopic (exact) mass is 378 g/mol. The molecule has 7 heteroatoms. The van der Waals surface area contributed by atoms with E-state index in [0.29, 0.717) is 19.6 Å². The molecule has 1 fully saturated rings. The molecule has 0 bridgehead atoms. The van der Waals surface area contributed by atoms with Crippen LogP contribution in [-0.4, -0.2) is 37.6 Å². The Morgan fingerprint density at radius 1 is 1.38 bits per heavy atom. The van der Waals surface area contributed by atoms with Crippen LogP contribution in [0.1, 0.15) is 25.3 Å². The summed E-state index contributed by atoms with van der Waals surface area (Å²) in [5.41, 5.74) is 0.874. The third kappa shape index (κ3) is 4.48. The molecule has 0 aliphatic carbocycles. The van der Waals surface area contributed by atoms with Crippen LogP contribution >= 0.6 is 15.9 Å². The Bertz CT molecular complexity index is 587. The third-order valence-electron chi connectivity index (χ3n) is 3.80. The van der Waals surface area contributed by atoms with E-state index < -0.39 is 10.0 Å². The zero-order valence-corrected chi connectivity index (χ0v) is 14.4. The minimum absolute atomic E-state index is 0.154. The van der Waals surface area contributed by atoms with E-state index in [1.807, 2.05) is 0 Å². The Hall–Kier alpha value is -0.500. The van der Waals surface area contributed by atoms with Gasteiger partial charge in [0.2, 0.25) is 10.0 Å². The van der Waals surface area contributed by atoms with E-state index in [1.165, 1.54) is 12.1 Å². The molecule has 1 saturated heterocycles. The van der Waals surface area contributed by atoms with Crippen molar-refractivity contribution in [3.8, 4) is 0 Å². The van der Waals surface area contributed by atoms with Gasteiger partial charge in [-0.05, 0) is 43.5 Å². The molecule has 0 amide bonds. The molecule has 1 N–H and O–H groups in total. The SMILES string of the molecule is CCS(=O)(=O)N1CCC(NCc2cc(F)ccc2Br)CC1. The summed E-state index contributed by atoms with van der Waals surface area (Å²) in [5.74, 6) is -0.0970. The van der Waals surface area contributed by atoms with Gasteiger partial charge in [-0.2, -0.15) is 0 Å². The van der Waals surface area contributed by atoms with Gasteiger partial charge in [0.25, 0.3) is 0 Å². The summed E-state index contributed by atoms with van der Waals surface area (Å²) in [6, 6.07) is 4.89. The number of benzene rings is 1. The molecule has 1 heterocycles. The molecular weight excluding hydrogens is 359 g/mol. The highest BCUT2D eigenvalue weighted by Crippen LogP contribution is 2.19. The number of nitrogens with one attached hydrogen (secondary N) is 1. The van der Waals surface area contributed by atoms with Crippen LogP contribution in [-0.2, 0) is 16.6 Å². The van der Waals surface area contributed by atoms with Crippen molar-refractivity contribution in [3.63, 3.8) is 0 Å². The first-order chi connectivity index (χ1) is 9.92. The Kier molecular flexibility index (Phi) is 5.76.